The first-order chi connectivity index (χ1) is 10.7. The zero-order chi connectivity index (χ0) is 15.4. The molecule has 0 saturated carbocycles. The van der Waals surface area contributed by atoms with Gasteiger partial charge >= 0.3 is 0 Å². The van der Waals surface area contributed by atoms with Crippen LogP contribution >= 0.6 is 0 Å². The number of unbranched alkanes of at least 4 members (excludes halogenated alkanes) is 1. The van der Waals surface area contributed by atoms with Crippen LogP contribution in [0.1, 0.15) is 32.6 Å². The van der Waals surface area contributed by atoms with Gasteiger partial charge in [0.25, 0.3) is 0 Å². The first-order valence-electron chi connectivity index (χ1n) is 8.19. The van der Waals surface area contributed by atoms with Crippen LogP contribution in [-0.4, -0.2) is 47.7 Å². The second kappa shape index (κ2) is 6.65. The number of rotatable bonds is 6. The van der Waals surface area contributed by atoms with Crippen LogP contribution in [0, 0.1) is 5.92 Å². The van der Waals surface area contributed by atoms with Crippen LogP contribution in [-0.2, 0) is 9.53 Å². The first-order valence-corrected chi connectivity index (χ1v) is 8.19. The number of aromatic nitrogens is 1. The van der Waals surface area contributed by atoms with Crippen LogP contribution < -0.4 is 4.74 Å². The number of nitrogens with zero attached hydrogens (tertiary/aromatic N) is 2. The molecule has 5 heteroatoms. The molecule has 0 aromatic carbocycles. The number of hydrogen-bond acceptors (Lipinski definition) is 4. The highest BCUT2D eigenvalue weighted by molar-refractivity contribution is 5.77. The third-order valence-electron chi connectivity index (χ3n) is 4.68. The molecule has 0 aliphatic carbocycles. The summed E-state index contributed by atoms with van der Waals surface area (Å²) in [7, 11) is 0. The average molecular weight is 304 g/mol. The number of hydrogen-bond donors (Lipinski definition) is 0. The number of ether oxygens (including phenoxy) is 2. The molecule has 0 bridgehead atoms. The summed E-state index contributed by atoms with van der Waals surface area (Å²) in [5, 5.41) is 0. The Kier molecular flexibility index (Phi) is 4.62. The lowest BCUT2D eigenvalue weighted by molar-refractivity contribution is -0.167. The van der Waals surface area contributed by atoms with Crippen LogP contribution in [0.25, 0.3) is 0 Å². The maximum Gasteiger partial charge on any atom is 0.222 e. The third-order valence-corrected chi connectivity index (χ3v) is 4.68. The Bertz CT molecular complexity index is 500. The predicted molar refractivity (Wildman–Crippen MR) is 82.6 cm³/mol. The zero-order valence-corrected chi connectivity index (χ0v) is 13.2. The molecule has 2 aliphatic rings. The van der Waals surface area contributed by atoms with Crippen molar-refractivity contribution in [3.05, 3.63) is 24.4 Å². The van der Waals surface area contributed by atoms with E-state index in [4.69, 9.17) is 9.47 Å². The van der Waals surface area contributed by atoms with Crippen molar-refractivity contribution in [2.75, 3.05) is 26.3 Å². The first kappa shape index (κ1) is 15.3. The van der Waals surface area contributed by atoms with E-state index in [-0.39, 0.29) is 11.5 Å². The van der Waals surface area contributed by atoms with E-state index >= 15 is 0 Å². The van der Waals surface area contributed by atoms with Crippen molar-refractivity contribution in [3.63, 3.8) is 0 Å². The van der Waals surface area contributed by atoms with E-state index in [1.165, 1.54) is 0 Å². The van der Waals surface area contributed by atoms with Gasteiger partial charge in [-0.15, -0.1) is 0 Å². The van der Waals surface area contributed by atoms with E-state index in [9.17, 15) is 4.79 Å². The van der Waals surface area contributed by atoms with Gasteiger partial charge < -0.3 is 14.4 Å². The number of likely N-dealkylation sites (tertiary alicyclic amines) is 1. The van der Waals surface area contributed by atoms with Gasteiger partial charge in [-0.3, -0.25) is 4.79 Å². The lowest BCUT2D eigenvalue weighted by Crippen LogP contribution is -2.66. The molecule has 1 amide bonds. The zero-order valence-electron chi connectivity index (χ0n) is 13.2. The van der Waals surface area contributed by atoms with E-state index in [0.717, 1.165) is 25.9 Å². The largest absolute Gasteiger partial charge is 0.477 e. The number of amides is 1. The third kappa shape index (κ3) is 3.09. The fourth-order valence-corrected chi connectivity index (χ4v) is 3.25. The average Bonchev–Trinajstić information content (AvgIpc) is 2.94. The van der Waals surface area contributed by atoms with Gasteiger partial charge in [0.05, 0.1) is 19.7 Å². The van der Waals surface area contributed by atoms with E-state index in [0.29, 0.717) is 37.9 Å². The minimum absolute atomic E-state index is 0.184. The van der Waals surface area contributed by atoms with Crippen molar-refractivity contribution in [2.45, 2.75) is 38.2 Å². The Balaban J connectivity index is 1.51. The van der Waals surface area contributed by atoms with E-state index in [1.807, 2.05) is 23.1 Å². The van der Waals surface area contributed by atoms with Gasteiger partial charge in [-0.2, -0.15) is 0 Å². The molecule has 2 saturated heterocycles. The fraction of sp³-hybridized carbons (Fsp3) is 0.647. The molecule has 1 spiro atoms. The quantitative estimate of drug-likeness (QED) is 0.809. The van der Waals surface area contributed by atoms with Crippen molar-refractivity contribution in [1.29, 1.82) is 0 Å². The topological polar surface area (TPSA) is 51.7 Å². The highest BCUT2D eigenvalue weighted by Gasteiger charge is 2.54. The molecule has 1 aromatic heterocycles. The monoisotopic (exact) mass is 304 g/mol. The Morgan fingerprint density at radius 2 is 2.36 bits per heavy atom. The predicted octanol–water partition coefficient (Wildman–Crippen LogP) is 2.27. The Hall–Kier alpha value is -1.62. The Morgan fingerprint density at radius 1 is 1.50 bits per heavy atom. The van der Waals surface area contributed by atoms with Crippen molar-refractivity contribution in [3.8, 4) is 5.88 Å². The molecule has 3 heterocycles. The molecule has 22 heavy (non-hydrogen) atoms. The molecule has 0 radical (unpaired) electrons. The normalized spacial score (nSPS) is 22.6. The lowest BCUT2D eigenvalue weighted by Gasteiger charge is -2.50. The van der Waals surface area contributed by atoms with Crippen LogP contribution in [0.15, 0.2) is 24.4 Å². The van der Waals surface area contributed by atoms with Gasteiger partial charge in [0, 0.05) is 31.2 Å². The van der Waals surface area contributed by atoms with Crippen LogP contribution in [0.4, 0.5) is 0 Å². The molecule has 2 aliphatic heterocycles. The van der Waals surface area contributed by atoms with Crippen molar-refractivity contribution in [1.82, 2.24) is 9.88 Å². The summed E-state index contributed by atoms with van der Waals surface area (Å²) >= 11 is 0. The minimum Gasteiger partial charge on any atom is -0.477 e. The second-order valence-corrected chi connectivity index (χ2v) is 6.23. The smallest absolute Gasteiger partial charge is 0.222 e. The summed E-state index contributed by atoms with van der Waals surface area (Å²) in [4.78, 5) is 18.1. The van der Waals surface area contributed by atoms with Gasteiger partial charge in [0.2, 0.25) is 11.8 Å². The minimum atomic E-state index is -0.184. The number of carbonyl (C=O) groups is 1. The molecule has 2 fully saturated rings. The molecule has 3 rings (SSSR count). The summed E-state index contributed by atoms with van der Waals surface area (Å²) in [6, 6.07) is 5.66. The van der Waals surface area contributed by atoms with Gasteiger partial charge in [0.1, 0.15) is 5.60 Å². The summed E-state index contributed by atoms with van der Waals surface area (Å²) in [6.07, 6.45) is 5.40. The highest BCUT2D eigenvalue weighted by atomic mass is 16.5. The molecule has 1 aromatic rings. The van der Waals surface area contributed by atoms with Crippen molar-refractivity contribution < 1.29 is 14.3 Å². The van der Waals surface area contributed by atoms with Crippen LogP contribution in [0.2, 0.25) is 0 Å². The number of pyridine rings is 1. The molecule has 1 atom stereocenters. The van der Waals surface area contributed by atoms with Gasteiger partial charge in [-0.1, -0.05) is 19.4 Å². The second-order valence-electron chi connectivity index (χ2n) is 6.23. The van der Waals surface area contributed by atoms with Gasteiger partial charge in [-0.05, 0) is 18.9 Å². The maximum absolute atomic E-state index is 12.0. The SMILES string of the molecule is CCCCC(=O)N1CC2(C1)OCCC2COc1ccccn1. The summed E-state index contributed by atoms with van der Waals surface area (Å²) < 4.78 is 11.8. The Labute approximate surface area is 131 Å². The lowest BCUT2D eigenvalue weighted by atomic mass is 9.81. The van der Waals surface area contributed by atoms with E-state index in [2.05, 4.69) is 11.9 Å². The number of carbonyl (C=O) groups excluding carboxylic acids is 1. The van der Waals surface area contributed by atoms with Crippen molar-refractivity contribution >= 4 is 5.91 Å². The molecule has 5 nitrogen and oxygen atoms in total. The molecule has 0 N–H and O–H groups in total. The van der Waals surface area contributed by atoms with Crippen molar-refractivity contribution in [2.24, 2.45) is 5.92 Å². The van der Waals surface area contributed by atoms with Gasteiger partial charge in [-0.25, -0.2) is 4.98 Å². The molecule has 120 valence electrons. The molecular weight excluding hydrogens is 280 g/mol. The van der Waals surface area contributed by atoms with Crippen LogP contribution in [0.5, 0.6) is 5.88 Å². The highest BCUT2D eigenvalue weighted by Crippen LogP contribution is 2.40. The standard InChI is InChI=1S/C17H24N2O3/c1-2-3-7-16(20)19-12-17(13-19)14(8-10-22-17)11-21-15-6-4-5-9-18-15/h4-6,9,14H,2-3,7-8,10-13H2,1H3. The summed E-state index contributed by atoms with van der Waals surface area (Å²) in [5.41, 5.74) is -0.184. The van der Waals surface area contributed by atoms with Gasteiger partial charge in [0.15, 0.2) is 0 Å². The summed E-state index contributed by atoms with van der Waals surface area (Å²) in [6.45, 7) is 4.90. The Morgan fingerprint density at radius 3 is 3.09 bits per heavy atom. The van der Waals surface area contributed by atoms with E-state index in [1.54, 1.807) is 6.20 Å². The van der Waals surface area contributed by atoms with Crippen LogP contribution in [0.3, 0.4) is 0 Å². The fourth-order valence-electron chi connectivity index (χ4n) is 3.25. The molecular formula is C17H24N2O3. The maximum atomic E-state index is 12.0. The summed E-state index contributed by atoms with van der Waals surface area (Å²) in [5.74, 6) is 1.25. The molecule has 1 unspecified atom stereocenters. The van der Waals surface area contributed by atoms with E-state index < -0.39 is 0 Å².